The van der Waals surface area contributed by atoms with Gasteiger partial charge in [0, 0.05) is 23.5 Å². The summed E-state index contributed by atoms with van der Waals surface area (Å²) in [4.78, 5) is 19.0. The number of thiocarbonyl (C=S) groups is 1. The van der Waals surface area contributed by atoms with E-state index in [1.807, 2.05) is 66.7 Å². The maximum absolute atomic E-state index is 13.1. The van der Waals surface area contributed by atoms with Gasteiger partial charge in [0.15, 0.2) is 0 Å². The summed E-state index contributed by atoms with van der Waals surface area (Å²) < 4.78 is 13.3. The van der Waals surface area contributed by atoms with E-state index in [4.69, 9.17) is 21.7 Å². The van der Waals surface area contributed by atoms with E-state index >= 15 is 0 Å². The molecule has 6 nitrogen and oxygen atoms in total. The molecule has 4 aromatic rings. The van der Waals surface area contributed by atoms with Crippen LogP contribution in [0.5, 0.6) is 11.5 Å². The van der Waals surface area contributed by atoms with Gasteiger partial charge in [-0.25, -0.2) is 4.99 Å². The molecule has 34 heavy (non-hydrogen) atoms. The van der Waals surface area contributed by atoms with Crippen molar-refractivity contribution in [2.75, 3.05) is 18.6 Å². The summed E-state index contributed by atoms with van der Waals surface area (Å²) in [5, 5.41) is 1.37. The van der Waals surface area contributed by atoms with Crippen molar-refractivity contribution in [3.63, 3.8) is 0 Å². The number of fused-ring (bicyclic) bond motifs is 1. The molecule has 0 N–H and O–H groups in total. The zero-order chi connectivity index (χ0) is 23.5. The van der Waals surface area contributed by atoms with Gasteiger partial charge < -0.3 is 14.0 Å². The number of methoxy groups -OCH3 is 1. The number of amides is 1. The highest BCUT2D eigenvalue weighted by molar-refractivity contribution is 7.80. The highest BCUT2D eigenvalue weighted by atomic mass is 32.1. The monoisotopic (exact) mass is 469 g/mol. The van der Waals surface area contributed by atoms with E-state index in [9.17, 15) is 4.79 Å². The summed E-state index contributed by atoms with van der Waals surface area (Å²) in [6.45, 7) is 1.18. The molecule has 5 rings (SSSR count). The normalized spacial score (nSPS) is 13.4. The van der Waals surface area contributed by atoms with Gasteiger partial charge in [-0.3, -0.25) is 9.69 Å². The largest absolute Gasteiger partial charge is 0.497 e. The van der Waals surface area contributed by atoms with Crippen LogP contribution >= 0.6 is 12.2 Å². The van der Waals surface area contributed by atoms with Crippen molar-refractivity contribution in [3.8, 4) is 11.5 Å². The van der Waals surface area contributed by atoms with Crippen LogP contribution in [0.15, 0.2) is 90.1 Å². The first-order valence-electron chi connectivity index (χ1n) is 11.0. The minimum atomic E-state index is -0.170. The molecule has 1 aliphatic heterocycles. The Morgan fingerprint density at radius 3 is 2.38 bits per heavy atom. The van der Waals surface area contributed by atoms with Gasteiger partial charge in [0.2, 0.25) is 5.11 Å². The third-order valence-corrected chi connectivity index (χ3v) is 6.05. The number of para-hydroxylation sites is 2. The summed E-state index contributed by atoms with van der Waals surface area (Å²) in [6.07, 6.45) is 2.49. The molecule has 0 aliphatic carbocycles. The fourth-order valence-electron chi connectivity index (χ4n) is 4.11. The fourth-order valence-corrected chi connectivity index (χ4v) is 4.41. The molecule has 2 heterocycles. The summed E-state index contributed by atoms with van der Waals surface area (Å²) >= 11 is 5.40. The predicted molar refractivity (Wildman–Crippen MR) is 138 cm³/mol. The Balaban J connectivity index is 1.33. The number of anilines is 1. The van der Waals surface area contributed by atoms with Gasteiger partial charge in [0.1, 0.15) is 23.8 Å². The number of hydrogen-bond acceptors (Lipinski definition) is 4. The van der Waals surface area contributed by atoms with E-state index in [0.717, 1.165) is 33.7 Å². The van der Waals surface area contributed by atoms with Gasteiger partial charge in [0.05, 0.1) is 19.3 Å². The molecule has 0 atom stereocenters. The Morgan fingerprint density at radius 2 is 1.62 bits per heavy atom. The highest BCUT2D eigenvalue weighted by Crippen LogP contribution is 2.26. The van der Waals surface area contributed by atoms with Crippen LogP contribution in [-0.4, -0.2) is 35.0 Å². The van der Waals surface area contributed by atoms with Crippen molar-refractivity contribution in [2.45, 2.75) is 13.0 Å². The lowest BCUT2D eigenvalue weighted by molar-refractivity contribution is -0.111. The van der Waals surface area contributed by atoms with Gasteiger partial charge in [-0.1, -0.05) is 36.4 Å². The van der Waals surface area contributed by atoms with Gasteiger partial charge >= 0.3 is 0 Å². The maximum Gasteiger partial charge on any atom is 0.279 e. The predicted octanol–water partition coefficient (Wildman–Crippen LogP) is 5.04. The second-order valence-corrected chi connectivity index (χ2v) is 8.25. The molecule has 170 valence electrons. The Hall–Kier alpha value is -3.97. The van der Waals surface area contributed by atoms with Crippen LogP contribution in [0.4, 0.5) is 5.69 Å². The standard InChI is InChI=1S/C27H23N3O3S/c1-32-21-11-13-22(14-12-21)33-16-15-29-18-19(23-9-5-6-10-25(23)29)17-24-26(31)30(27(34)28-24)20-7-3-2-4-8-20/h2-14,18H,15-17H2,1H3. The summed E-state index contributed by atoms with van der Waals surface area (Å²) in [7, 11) is 1.64. The average molecular weight is 470 g/mol. The number of aromatic nitrogens is 1. The molecule has 0 unspecified atom stereocenters. The Morgan fingerprint density at radius 1 is 0.912 bits per heavy atom. The van der Waals surface area contributed by atoms with Crippen LogP contribution < -0.4 is 14.4 Å². The van der Waals surface area contributed by atoms with E-state index in [1.165, 1.54) is 4.90 Å². The molecule has 0 saturated heterocycles. The lowest BCUT2D eigenvalue weighted by Gasteiger charge is -2.14. The number of aliphatic imine (C=N–C) groups is 1. The van der Waals surface area contributed by atoms with Gasteiger partial charge in [0.25, 0.3) is 5.91 Å². The lowest BCUT2D eigenvalue weighted by atomic mass is 10.1. The third kappa shape index (κ3) is 4.30. The highest BCUT2D eigenvalue weighted by Gasteiger charge is 2.32. The van der Waals surface area contributed by atoms with Crippen molar-refractivity contribution in [1.82, 2.24) is 4.57 Å². The van der Waals surface area contributed by atoms with E-state index in [2.05, 4.69) is 27.9 Å². The van der Waals surface area contributed by atoms with Crippen molar-refractivity contribution in [2.24, 2.45) is 4.99 Å². The quantitative estimate of drug-likeness (QED) is 0.339. The summed E-state index contributed by atoms with van der Waals surface area (Å²) in [5.41, 5.74) is 3.30. The minimum absolute atomic E-state index is 0.170. The van der Waals surface area contributed by atoms with E-state index in [0.29, 0.717) is 25.3 Å². The number of nitrogens with zero attached hydrogens (tertiary/aromatic N) is 3. The summed E-state index contributed by atoms with van der Waals surface area (Å²) in [6, 6.07) is 25.1. The Kier molecular flexibility index (Phi) is 6.10. The first kappa shape index (κ1) is 21.9. The van der Waals surface area contributed by atoms with Crippen LogP contribution in [0, 0.1) is 0 Å². The smallest absolute Gasteiger partial charge is 0.279 e. The molecule has 1 aromatic heterocycles. The summed E-state index contributed by atoms with van der Waals surface area (Å²) in [5.74, 6) is 1.41. The molecule has 0 radical (unpaired) electrons. The molecule has 7 heteroatoms. The van der Waals surface area contributed by atoms with Crippen LogP contribution in [-0.2, 0) is 17.8 Å². The average Bonchev–Trinajstić information content (AvgIpc) is 3.36. The second kappa shape index (κ2) is 9.49. The van der Waals surface area contributed by atoms with E-state index in [-0.39, 0.29) is 11.0 Å². The van der Waals surface area contributed by atoms with Gasteiger partial charge in [-0.05, 0) is 60.2 Å². The first-order valence-corrected chi connectivity index (χ1v) is 11.4. The lowest BCUT2D eigenvalue weighted by Crippen LogP contribution is -2.33. The van der Waals surface area contributed by atoms with E-state index < -0.39 is 0 Å². The van der Waals surface area contributed by atoms with Gasteiger partial charge in [-0.2, -0.15) is 0 Å². The molecule has 0 saturated carbocycles. The van der Waals surface area contributed by atoms with Crippen molar-refractivity contribution < 1.29 is 14.3 Å². The molecule has 1 aliphatic rings. The molecule has 1 amide bonds. The number of hydrogen-bond donors (Lipinski definition) is 0. The van der Waals surface area contributed by atoms with Crippen molar-refractivity contribution in [1.29, 1.82) is 0 Å². The van der Waals surface area contributed by atoms with Crippen LogP contribution in [0.25, 0.3) is 10.9 Å². The SMILES string of the molecule is COc1ccc(OCCn2cc(CC3=NC(=S)N(c4ccccc4)C3=O)c3ccccc32)cc1. The van der Waals surface area contributed by atoms with E-state index in [1.54, 1.807) is 7.11 Å². The first-order chi connectivity index (χ1) is 16.6. The Bertz CT molecular complexity index is 1380. The van der Waals surface area contributed by atoms with Crippen LogP contribution in [0.2, 0.25) is 0 Å². The molecule has 0 fully saturated rings. The third-order valence-electron chi connectivity index (χ3n) is 5.78. The number of carbonyl (C=O) groups excluding carboxylic acids is 1. The second-order valence-electron chi connectivity index (χ2n) is 7.88. The topological polar surface area (TPSA) is 56.1 Å². The van der Waals surface area contributed by atoms with Gasteiger partial charge in [-0.15, -0.1) is 0 Å². The molecule has 0 spiro atoms. The zero-order valence-electron chi connectivity index (χ0n) is 18.7. The van der Waals surface area contributed by atoms with Crippen LogP contribution in [0.1, 0.15) is 5.56 Å². The fraction of sp³-hybridized carbons (Fsp3) is 0.148. The van der Waals surface area contributed by atoms with Crippen molar-refractivity contribution in [3.05, 3.63) is 90.6 Å². The molecule has 0 bridgehead atoms. The number of benzene rings is 3. The minimum Gasteiger partial charge on any atom is -0.497 e. The number of carbonyl (C=O) groups is 1. The number of ether oxygens (including phenoxy) is 2. The molecular formula is C27H23N3O3S. The Labute approximate surface area is 203 Å². The molecular weight excluding hydrogens is 446 g/mol. The zero-order valence-corrected chi connectivity index (χ0v) is 19.5. The van der Waals surface area contributed by atoms with Crippen molar-refractivity contribution >= 4 is 45.5 Å². The maximum atomic E-state index is 13.1. The number of rotatable bonds is 8. The van der Waals surface area contributed by atoms with Crippen LogP contribution in [0.3, 0.4) is 0 Å². The molecule has 3 aromatic carbocycles.